The SMILES string of the molecule is CCCCCCCCCCCCOC(=O)c1ccc(C(=O)O)cc1.N.N. The van der Waals surface area contributed by atoms with Gasteiger partial charge in [-0.25, -0.2) is 9.59 Å². The number of carboxylic acids is 1. The number of esters is 1. The molecular weight excluding hydrogens is 332 g/mol. The van der Waals surface area contributed by atoms with Crippen LogP contribution in [0.4, 0.5) is 0 Å². The maximum atomic E-state index is 11.8. The molecule has 0 aliphatic carbocycles. The zero-order chi connectivity index (χ0) is 17.6. The third kappa shape index (κ3) is 11.6. The van der Waals surface area contributed by atoms with Crippen LogP contribution < -0.4 is 12.3 Å². The molecule has 0 saturated heterocycles. The fourth-order valence-corrected chi connectivity index (χ4v) is 2.59. The summed E-state index contributed by atoms with van der Waals surface area (Å²) in [4.78, 5) is 22.6. The van der Waals surface area contributed by atoms with E-state index in [1.54, 1.807) is 0 Å². The second-order valence-electron chi connectivity index (χ2n) is 6.20. The second kappa shape index (κ2) is 16.5. The van der Waals surface area contributed by atoms with Gasteiger partial charge in [0, 0.05) is 0 Å². The van der Waals surface area contributed by atoms with Crippen molar-refractivity contribution >= 4 is 11.9 Å². The molecule has 0 fully saturated rings. The normalized spacial score (nSPS) is 9.73. The number of carboxylic acid groups (broad SMARTS) is 1. The lowest BCUT2D eigenvalue weighted by Crippen LogP contribution is -2.07. The first-order valence-electron chi connectivity index (χ1n) is 9.15. The number of carbonyl (C=O) groups excluding carboxylic acids is 1. The van der Waals surface area contributed by atoms with Gasteiger partial charge in [0.05, 0.1) is 17.7 Å². The lowest BCUT2D eigenvalue weighted by molar-refractivity contribution is 0.0496. The molecule has 0 heterocycles. The smallest absolute Gasteiger partial charge is 0.338 e. The summed E-state index contributed by atoms with van der Waals surface area (Å²) in [5.41, 5.74) is 0.563. The van der Waals surface area contributed by atoms with Crippen LogP contribution in [0.5, 0.6) is 0 Å². The van der Waals surface area contributed by atoms with E-state index in [4.69, 9.17) is 9.84 Å². The number of hydrogen-bond acceptors (Lipinski definition) is 5. The fourth-order valence-electron chi connectivity index (χ4n) is 2.59. The van der Waals surface area contributed by atoms with Gasteiger partial charge in [0.2, 0.25) is 0 Å². The van der Waals surface area contributed by atoms with Crippen LogP contribution in [0.2, 0.25) is 0 Å². The van der Waals surface area contributed by atoms with Crippen LogP contribution in [0.15, 0.2) is 24.3 Å². The van der Waals surface area contributed by atoms with Crippen molar-refractivity contribution in [2.24, 2.45) is 0 Å². The van der Waals surface area contributed by atoms with Gasteiger partial charge in [0.15, 0.2) is 0 Å². The molecule has 26 heavy (non-hydrogen) atoms. The number of ether oxygens (including phenoxy) is 1. The number of aromatic carboxylic acids is 1. The van der Waals surface area contributed by atoms with E-state index in [-0.39, 0.29) is 23.8 Å². The van der Waals surface area contributed by atoms with Gasteiger partial charge in [0.25, 0.3) is 0 Å². The van der Waals surface area contributed by atoms with Crippen LogP contribution in [0.3, 0.4) is 0 Å². The predicted octanol–water partition coefficient (Wildman–Crippen LogP) is 5.79. The Morgan fingerprint density at radius 1 is 0.769 bits per heavy atom. The molecule has 6 nitrogen and oxygen atoms in total. The van der Waals surface area contributed by atoms with Crippen molar-refractivity contribution in [2.45, 2.75) is 71.1 Å². The Morgan fingerprint density at radius 3 is 1.65 bits per heavy atom. The van der Waals surface area contributed by atoms with Gasteiger partial charge >= 0.3 is 11.9 Å². The Hall–Kier alpha value is -1.92. The molecule has 1 rings (SSSR count). The zero-order valence-electron chi connectivity index (χ0n) is 16.2. The molecule has 6 heteroatoms. The molecule has 0 aromatic heterocycles. The second-order valence-corrected chi connectivity index (χ2v) is 6.20. The van der Waals surface area contributed by atoms with E-state index in [0.717, 1.165) is 12.8 Å². The Bertz CT molecular complexity index is 489. The van der Waals surface area contributed by atoms with Gasteiger partial charge in [-0.3, -0.25) is 0 Å². The zero-order valence-corrected chi connectivity index (χ0v) is 16.2. The standard InChI is InChI=1S/C20H30O4.2H3N/c1-2-3-4-5-6-7-8-9-10-11-16-24-20(23)18-14-12-17(13-15-18)19(21)22;;/h12-15H,2-11,16H2,1H3,(H,21,22);2*1H3. The molecule has 150 valence electrons. The van der Waals surface area contributed by atoms with Crippen molar-refractivity contribution in [3.63, 3.8) is 0 Å². The maximum absolute atomic E-state index is 11.8. The maximum Gasteiger partial charge on any atom is 0.338 e. The van der Waals surface area contributed by atoms with Crippen molar-refractivity contribution < 1.29 is 19.4 Å². The van der Waals surface area contributed by atoms with Gasteiger partial charge < -0.3 is 22.1 Å². The molecule has 1 aromatic carbocycles. The highest BCUT2D eigenvalue weighted by molar-refractivity contribution is 5.92. The third-order valence-corrected chi connectivity index (χ3v) is 4.10. The summed E-state index contributed by atoms with van der Waals surface area (Å²) in [6.45, 7) is 2.66. The molecule has 0 atom stereocenters. The van der Waals surface area contributed by atoms with Crippen molar-refractivity contribution in [1.82, 2.24) is 12.3 Å². The summed E-state index contributed by atoms with van der Waals surface area (Å²) in [7, 11) is 0. The highest BCUT2D eigenvalue weighted by atomic mass is 16.5. The topological polar surface area (TPSA) is 134 Å². The van der Waals surface area contributed by atoms with Crippen molar-refractivity contribution in [1.29, 1.82) is 0 Å². The van der Waals surface area contributed by atoms with E-state index in [9.17, 15) is 9.59 Å². The van der Waals surface area contributed by atoms with Crippen molar-refractivity contribution in [3.8, 4) is 0 Å². The van der Waals surface area contributed by atoms with Crippen molar-refractivity contribution in [2.75, 3.05) is 6.61 Å². The van der Waals surface area contributed by atoms with E-state index >= 15 is 0 Å². The molecular formula is C20H36N2O4. The molecule has 0 radical (unpaired) electrons. The number of unbranched alkanes of at least 4 members (excludes halogenated alkanes) is 9. The molecule has 7 N–H and O–H groups in total. The summed E-state index contributed by atoms with van der Waals surface area (Å²) < 4.78 is 5.21. The van der Waals surface area contributed by atoms with Crippen LogP contribution in [0.25, 0.3) is 0 Å². The van der Waals surface area contributed by atoms with Crippen molar-refractivity contribution in [3.05, 3.63) is 35.4 Å². The van der Waals surface area contributed by atoms with Gasteiger partial charge in [-0.15, -0.1) is 0 Å². The summed E-state index contributed by atoms with van der Waals surface area (Å²) in [5, 5.41) is 8.81. The summed E-state index contributed by atoms with van der Waals surface area (Å²) in [6.07, 6.45) is 12.4. The minimum absolute atomic E-state index is 0. The van der Waals surface area contributed by atoms with Gasteiger partial charge in [-0.05, 0) is 30.7 Å². The number of hydrogen-bond donors (Lipinski definition) is 3. The van der Waals surface area contributed by atoms with Crippen LogP contribution in [0.1, 0.15) is 91.8 Å². The first kappa shape index (κ1) is 26.3. The summed E-state index contributed by atoms with van der Waals surface area (Å²) in [5.74, 6) is -1.39. The summed E-state index contributed by atoms with van der Waals surface area (Å²) >= 11 is 0. The van der Waals surface area contributed by atoms with Gasteiger partial charge in [0.1, 0.15) is 0 Å². The molecule has 0 bridgehead atoms. The quantitative estimate of drug-likeness (QED) is 0.298. The van der Waals surface area contributed by atoms with E-state index < -0.39 is 5.97 Å². The Morgan fingerprint density at radius 2 is 1.19 bits per heavy atom. The number of rotatable bonds is 13. The molecule has 0 amide bonds. The van der Waals surface area contributed by atoms with Crippen LogP contribution in [-0.4, -0.2) is 23.7 Å². The fraction of sp³-hybridized carbons (Fsp3) is 0.600. The minimum atomic E-state index is -1.000. The number of carbonyl (C=O) groups is 2. The van der Waals surface area contributed by atoms with Crippen LogP contribution in [-0.2, 0) is 4.74 Å². The van der Waals surface area contributed by atoms with E-state index in [0.29, 0.717) is 12.2 Å². The highest BCUT2D eigenvalue weighted by Crippen LogP contribution is 2.11. The lowest BCUT2D eigenvalue weighted by atomic mass is 10.1. The lowest BCUT2D eigenvalue weighted by Gasteiger charge is -2.05. The highest BCUT2D eigenvalue weighted by Gasteiger charge is 2.08. The van der Waals surface area contributed by atoms with Crippen LogP contribution >= 0.6 is 0 Å². The average molecular weight is 369 g/mol. The van der Waals surface area contributed by atoms with E-state index in [2.05, 4.69) is 6.92 Å². The molecule has 0 aliphatic heterocycles. The average Bonchev–Trinajstić information content (AvgIpc) is 2.59. The third-order valence-electron chi connectivity index (χ3n) is 4.10. The first-order valence-corrected chi connectivity index (χ1v) is 9.15. The molecule has 0 unspecified atom stereocenters. The monoisotopic (exact) mass is 368 g/mol. The Labute approximate surface area is 157 Å². The molecule has 0 aliphatic rings. The largest absolute Gasteiger partial charge is 0.478 e. The van der Waals surface area contributed by atoms with E-state index in [1.165, 1.54) is 75.6 Å². The van der Waals surface area contributed by atoms with Gasteiger partial charge in [-0.1, -0.05) is 64.7 Å². The first-order chi connectivity index (χ1) is 11.6. The summed E-state index contributed by atoms with van der Waals surface area (Å²) in [6, 6.07) is 5.81. The molecule has 0 spiro atoms. The Balaban J connectivity index is 0. The Kier molecular flexibility index (Phi) is 16.7. The molecule has 1 aromatic rings. The van der Waals surface area contributed by atoms with Crippen LogP contribution in [0, 0.1) is 0 Å². The molecule has 0 saturated carbocycles. The van der Waals surface area contributed by atoms with E-state index in [1.807, 2.05) is 0 Å². The van der Waals surface area contributed by atoms with Gasteiger partial charge in [-0.2, -0.15) is 0 Å². The number of benzene rings is 1. The minimum Gasteiger partial charge on any atom is -0.478 e. The predicted molar refractivity (Wildman–Crippen MR) is 106 cm³/mol.